The second-order valence-corrected chi connectivity index (χ2v) is 13.2. The first-order chi connectivity index (χ1) is 19.7. The number of amides is 2. The summed E-state index contributed by atoms with van der Waals surface area (Å²) in [7, 11) is -2.67. The largest absolute Gasteiger partial charge is 0.465 e. The minimum Gasteiger partial charge on any atom is -0.465 e. The summed E-state index contributed by atoms with van der Waals surface area (Å²) in [6.45, 7) is 1.77. The van der Waals surface area contributed by atoms with Crippen LogP contribution in [-0.2, 0) is 26.1 Å². The molecule has 42 heavy (non-hydrogen) atoms. The van der Waals surface area contributed by atoms with Gasteiger partial charge in [-0.3, -0.25) is 14.3 Å². The Balaban J connectivity index is 0.00000405. The molecule has 4 N–H and O–H groups in total. The van der Waals surface area contributed by atoms with Gasteiger partial charge in [0.05, 0.1) is 34.1 Å². The highest BCUT2D eigenvalue weighted by atomic mass is 35.5. The molecule has 0 saturated carbocycles. The number of halogens is 1. The number of esters is 1. The highest BCUT2D eigenvalue weighted by molar-refractivity contribution is 7.94. The molecule has 1 aliphatic heterocycles. The number of carbonyl (C=O) groups is 3. The van der Waals surface area contributed by atoms with Gasteiger partial charge in [-0.2, -0.15) is 0 Å². The van der Waals surface area contributed by atoms with Gasteiger partial charge in [-0.25, -0.2) is 18.2 Å². The van der Waals surface area contributed by atoms with Crippen molar-refractivity contribution in [3.05, 3.63) is 70.6 Å². The zero-order valence-electron chi connectivity index (χ0n) is 22.3. The van der Waals surface area contributed by atoms with E-state index in [9.17, 15) is 22.8 Å². The number of thiazole rings is 1. The number of anilines is 2. The van der Waals surface area contributed by atoms with E-state index in [1.807, 2.05) is 0 Å². The molecule has 1 aliphatic rings. The molecule has 2 amide bonds. The van der Waals surface area contributed by atoms with Gasteiger partial charge in [-0.05, 0) is 67.9 Å². The Kier molecular flexibility index (Phi) is 10.2. The number of sulfonamides is 1. The number of nitrogens with zero attached hydrogens (tertiary/aromatic N) is 1. The van der Waals surface area contributed by atoms with Crippen LogP contribution < -0.4 is 20.7 Å². The summed E-state index contributed by atoms with van der Waals surface area (Å²) in [5.41, 5.74) is 2.24. The van der Waals surface area contributed by atoms with E-state index >= 15 is 0 Å². The van der Waals surface area contributed by atoms with Crippen LogP contribution in [0.2, 0.25) is 0 Å². The van der Waals surface area contributed by atoms with Crippen molar-refractivity contribution >= 4 is 83.9 Å². The molecule has 5 rings (SSSR count). The fourth-order valence-electron chi connectivity index (χ4n) is 4.33. The highest BCUT2D eigenvalue weighted by Crippen LogP contribution is 2.31. The van der Waals surface area contributed by atoms with Gasteiger partial charge in [-0.1, -0.05) is 23.5 Å². The van der Waals surface area contributed by atoms with Crippen LogP contribution in [0.1, 0.15) is 39.1 Å². The van der Waals surface area contributed by atoms with Crippen LogP contribution in [0, 0.1) is 5.92 Å². The Morgan fingerprint density at radius 2 is 1.86 bits per heavy atom. The van der Waals surface area contributed by atoms with Crippen LogP contribution >= 0.6 is 35.1 Å². The summed E-state index contributed by atoms with van der Waals surface area (Å²) in [5, 5.41) is 10.8. The highest BCUT2D eigenvalue weighted by Gasteiger charge is 2.23. The zero-order valence-corrected chi connectivity index (χ0v) is 25.6. The van der Waals surface area contributed by atoms with Crippen LogP contribution in [0.25, 0.3) is 10.2 Å². The summed E-state index contributed by atoms with van der Waals surface area (Å²) >= 11 is 2.20. The predicted octanol–water partition coefficient (Wildman–Crippen LogP) is 4.24. The van der Waals surface area contributed by atoms with Crippen LogP contribution in [-0.4, -0.2) is 51.4 Å². The number of hydrogen-bond acceptors (Lipinski definition) is 10. The maximum atomic E-state index is 13.1. The monoisotopic (exact) mass is 649 g/mol. The van der Waals surface area contributed by atoms with Crippen LogP contribution in [0.15, 0.2) is 58.1 Å². The molecule has 0 spiro atoms. The van der Waals surface area contributed by atoms with Gasteiger partial charge in [-0.15, -0.1) is 23.7 Å². The number of aromatic nitrogens is 1. The number of ether oxygens (including phenoxy) is 1. The Morgan fingerprint density at radius 3 is 2.62 bits per heavy atom. The van der Waals surface area contributed by atoms with E-state index in [-0.39, 0.29) is 40.5 Å². The number of methoxy groups -OCH3 is 1. The quantitative estimate of drug-likeness (QED) is 0.196. The SMILES string of the molecule is COC(=O)c1cccc(CNC(=O)c2csc(S(=O)(=O)Nc3ccc4nc(NC(=O)C5CCNCC5)sc4c3)c2)c1.Cl. The van der Waals surface area contributed by atoms with E-state index in [0.717, 1.165) is 37.3 Å². The van der Waals surface area contributed by atoms with Crippen molar-refractivity contribution in [3.63, 3.8) is 0 Å². The smallest absolute Gasteiger partial charge is 0.337 e. The number of fused-ring (bicyclic) bond motifs is 1. The molecule has 1 fully saturated rings. The maximum Gasteiger partial charge on any atom is 0.337 e. The topological polar surface area (TPSA) is 156 Å². The van der Waals surface area contributed by atoms with Gasteiger partial charge < -0.3 is 20.7 Å². The number of nitrogens with one attached hydrogen (secondary N) is 4. The van der Waals surface area contributed by atoms with Crippen LogP contribution in [0.5, 0.6) is 0 Å². The Labute approximate surface area is 256 Å². The number of hydrogen-bond donors (Lipinski definition) is 4. The molecule has 3 heterocycles. The summed E-state index contributed by atoms with van der Waals surface area (Å²) in [5.74, 6) is -1.04. The first-order valence-corrected chi connectivity index (χ1v) is 15.9. The normalized spacial score (nSPS) is 13.6. The van der Waals surface area contributed by atoms with Crippen molar-refractivity contribution in [2.45, 2.75) is 23.6 Å². The Bertz CT molecular complexity index is 1720. The average molecular weight is 650 g/mol. The second kappa shape index (κ2) is 13.6. The Morgan fingerprint density at radius 1 is 1.07 bits per heavy atom. The molecule has 11 nitrogen and oxygen atoms in total. The molecule has 2 aromatic carbocycles. The number of thiophene rings is 1. The van der Waals surface area contributed by atoms with E-state index in [4.69, 9.17) is 4.74 Å². The summed E-state index contributed by atoms with van der Waals surface area (Å²) in [6.07, 6.45) is 1.55. The number of piperidine rings is 1. The lowest BCUT2D eigenvalue weighted by atomic mass is 9.97. The molecule has 4 aromatic rings. The molecule has 222 valence electrons. The van der Waals surface area contributed by atoms with Crippen LogP contribution in [0.4, 0.5) is 10.8 Å². The third-order valence-corrected chi connectivity index (χ3v) is 10.2. The lowest BCUT2D eigenvalue weighted by molar-refractivity contribution is -0.120. The fourth-order valence-corrected chi connectivity index (χ4v) is 7.44. The molecular formula is C27H28ClN5O6S3. The number of rotatable bonds is 9. The number of benzene rings is 2. The standard InChI is InChI=1S/C27H27N5O6S3.ClH/c1-38-26(35)18-4-2-3-16(11-18)14-29-24(33)19-12-23(39-15-19)41(36,37)32-20-5-6-21-22(13-20)40-27(30-21)31-25(34)17-7-9-28-10-8-17;/h2-6,11-13,15,17,28,32H,7-10,14H2,1H3,(H,29,33)(H,30,31,34);1H. The lowest BCUT2D eigenvalue weighted by Gasteiger charge is -2.20. The van der Waals surface area contributed by atoms with Crippen molar-refractivity contribution in [3.8, 4) is 0 Å². The molecule has 0 radical (unpaired) electrons. The third kappa shape index (κ3) is 7.44. The average Bonchev–Trinajstić information content (AvgIpc) is 3.64. The van der Waals surface area contributed by atoms with Gasteiger partial charge in [0.1, 0.15) is 4.21 Å². The Hall–Kier alpha value is -3.56. The number of carbonyl (C=O) groups excluding carboxylic acids is 3. The van der Waals surface area contributed by atoms with Crippen molar-refractivity contribution in [1.82, 2.24) is 15.6 Å². The molecule has 2 aromatic heterocycles. The van der Waals surface area contributed by atoms with Crippen molar-refractivity contribution in [2.24, 2.45) is 5.92 Å². The van der Waals surface area contributed by atoms with Crippen LogP contribution in [0.3, 0.4) is 0 Å². The molecule has 0 atom stereocenters. The summed E-state index contributed by atoms with van der Waals surface area (Å²) in [4.78, 5) is 41.4. The molecule has 0 bridgehead atoms. The van der Waals surface area contributed by atoms with E-state index in [1.54, 1.807) is 42.5 Å². The predicted molar refractivity (Wildman–Crippen MR) is 165 cm³/mol. The second-order valence-electron chi connectivity index (χ2n) is 9.35. The first kappa shape index (κ1) is 31.4. The summed E-state index contributed by atoms with van der Waals surface area (Å²) < 4.78 is 34.1. The fraction of sp³-hybridized carbons (Fsp3) is 0.259. The van der Waals surface area contributed by atoms with E-state index < -0.39 is 21.9 Å². The summed E-state index contributed by atoms with van der Waals surface area (Å²) in [6, 6.07) is 12.9. The lowest BCUT2D eigenvalue weighted by Crippen LogP contribution is -2.34. The maximum absolute atomic E-state index is 13.1. The third-order valence-electron chi connectivity index (χ3n) is 6.48. The van der Waals surface area contributed by atoms with E-state index in [1.165, 1.54) is 29.9 Å². The van der Waals surface area contributed by atoms with E-state index in [2.05, 4.69) is 25.7 Å². The molecule has 1 saturated heterocycles. The molecule has 0 unspecified atom stereocenters. The van der Waals surface area contributed by atoms with Gasteiger partial charge >= 0.3 is 5.97 Å². The van der Waals surface area contributed by atoms with Crippen molar-refractivity contribution < 1.29 is 27.5 Å². The zero-order chi connectivity index (χ0) is 29.0. The molecule has 15 heteroatoms. The van der Waals surface area contributed by atoms with Crippen molar-refractivity contribution in [1.29, 1.82) is 0 Å². The molecular weight excluding hydrogens is 622 g/mol. The minimum atomic E-state index is -3.96. The van der Waals surface area contributed by atoms with E-state index in [0.29, 0.717) is 32.2 Å². The molecule has 0 aliphatic carbocycles. The van der Waals surface area contributed by atoms with Gasteiger partial charge in [0.2, 0.25) is 5.91 Å². The van der Waals surface area contributed by atoms with Gasteiger partial charge in [0, 0.05) is 17.8 Å². The first-order valence-electron chi connectivity index (χ1n) is 12.7. The minimum absolute atomic E-state index is 0. The van der Waals surface area contributed by atoms with Gasteiger partial charge in [0.25, 0.3) is 15.9 Å². The van der Waals surface area contributed by atoms with Crippen molar-refractivity contribution in [2.75, 3.05) is 30.2 Å². The van der Waals surface area contributed by atoms with Gasteiger partial charge in [0.15, 0.2) is 5.13 Å².